The van der Waals surface area contributed by atoms with Gasteiger partial charge in [0.1, 0.15) is 5.54 Å². The predicted octanol–water partition coefficient (Wildman–Crippen LogP) is 1.59. The minimum absolute atomic E-state index is 0.150. The minimum Gasteiger partial charge on any atom is -0.338 e. The van der Waals surface area contributed by atoms with Crippen molar-refractivity contribution in [1.29, 1.82) is 0 Å². The van der Waals surface area contributed by atoms with E-state index >= 15 is 0 Å². The molecule has 1 saturated heterocycles. The molecule has 5 amide bonds. The summed E-state index contributed by atoms with van der Waals surface area (Å²) in [6.45, 7) is 2.83. The molecule has 0 spiro atoms. The predicted molar refractivity (Wildman–Crippen MR) is 97.5 cm³/mol. The Morgan fingerprint density at radius 1 is 1.22 bits per heavy atom. The molecule has 6 rings (SSSR count). The third kappa shape index (κ3) is 2.44. The molecule has 1 aromatic rings. The number of hydrogen-bond donors (Lipinski definition) is 4. The first-order valence-corrected chi connectivity index (χ1v) is 9.65. The zero-order chi connectivity index (χ0) is 18.8. The highest BCUT2D eigenvalue weighted by Crippen LogP contribution is 2.78. The summed E-state index contributed by atoms with van der Waals surface area (Å²) in [6, 6.07) is 6.71. The molecule has 27 heavy (non-hydrogen) atoms. The molecule has 7 heteroatoms. The molecular formula is C20H24N4O3. The molecule has 5 aliphatic rings. The van der Waals surface area contributed by atoms with Crippen LogP contribution in [-0.2, 0) is 16.9 Å². The lowest BCUT2D eigenvalue weighted by atomic mass is 9.91. The van der Waals surface area contributed by atoms with Crippen LogP contribution >= 0.6 is 0 Å². The topological polar surface area (TPSA) is 99.3 Å². The van der Waals surface area contributed by atoms with Gasteiger partial charge >= 0.3 is 12.1 Å². The molecule has 4 N–H and O–H groups in total. The van der Waals surface area contributed by atoms with Crippen molar-refractivity contribution in [2.24, 2.45) is 23.2 Å². The van der Waals surface area contributed by atoms with E-state index in [0.29, 0.717) is 17.5 Å². The lowest BCUT2D eigenvalue weighted by molar-refractivity contribution is -0.123. The van der Waals surface area contributed by atoms with Gasteiger partial charge in [-0.15, -0.1) is 0 Å². The Bertz CT molecular complexity index is 841. The van der Waals surface area contributed by atoms with Crippen LogP contribution in [0.5, 0.6) is 0 Å². The summed E-state index contributed by atoms with van der Waals surface area (Å²) in [5.74, 6) is 2.24. The minimum atomic E-state index is -1.08. The van der Waals surface area contributed by atoms with Crippen LogP contribution in [0.4, 0.5) is 9.59 Å². The molecular weight excluding hydrogens is 344 g/mol. The maximum Gasteiger partial charge on any atom is 0.322 e. The summed E-state index contributed by atoms with van der Waals surface area (Å²) in [5.41, 5.74) is 0.892. The van der Waals surface area contributed by atoms with E-state index in [9.17, 15) is 14.4 Å². The van der Waals surface area contributed by atoms with E-state index in [1.54, 1.807) is 13.0 Å². The molecule has 5 fully saturated rings. The zero-order valence-corrected chi connectivity index (χ0v) is 15.3. The van der Waals surface area contributed by atoms with E-state index in [1.807, 2.05) is 18.2 Å². The molecule has 1 aliphatic heterocycles. The second-order valence-electron chi connectivity index (χ2n) is 8.76. The van der Waals surface area contributed by atoms with Crippen LogP contribution in [-0.4, -0.2) is 24.5 Å². The number of amides is 5. The van der Waals surface area contributed by atoms with E-state index in [-0.39, 0.29) is 11.9 Å². The summed E-state index contributed by atoms with van der Waals surface area (Å²) in [7, 11) is 0. The van der Waals surface area contributed by atoms with Crippen molar-refractivity contribution < 1.29 is 14.4 Å². The third-order valence-corrected chi connectivity index (χ3v) is 7.28. The van der Waals surface area contributed by atoms with Crippen LogP contribution in [0.2, 0.25) is 0 Å². The van der Waals surface area contributed by atoms with Gasteiger partial charge in [0.2, 0.25) is 0 Å². The standard InChI is InChI=1S/C20H24N4O3/c1-19(16(25)23-18(27)24-19)13-4-2-3-11(5-13)9-21-17(26)22-10-20-8-12-6-14(20)15(20)7-12/h2-5,12,14-15H,6-10H2,1H3,(H2,21,22,26)(H2,23,24,25,27). The van der Waals surface area contributed by atoms with Crippen molar-refractivity contribution >= 4 is 18.0 Å². The lowest BCUT2D eigenvalue weighted by Crippen LogP contribution is -2.41. The Hall–Kier alpha value is -2.57. The van der Waals surface area contributed by atoms with Gasteiger partial charge in [0, 0.05) is 13.1 Å². The quantitative estimate of drug-likeness (QED) is 0.594. The molecule has 142 valence electrons. The highest BCUT2D eigenvalue weighted by Gasteiger charge is 2.73. The average molecular weight is 368 g/mol. The van der Waals surface area contributed by atoms with Crippen LogP contribution in [0.25, 0.3) is 0 Å². The van der Waals surface area contributed by atoms with Crippen molar-refractivity contribution in [3.05, 3.63) is 35.4 Å². The molecule has 0 aromatic heterocycles. The number of urea groups is 2. The van der Waals surface area contributed by atoms with Crippen LogP contribution in [0.3, 0.4) is 0 Å². The van der Waals surface area contributed by atoms with Crippen molar-refractivity contribution in [3.8, 4) is 0 Å². The Labute approximate surface area is 157 Å². The molecule has 0 radical (unpaired) electrons. The normalized spacial score (nSPS) is 37.7. The van der Waals surface area contributed by atoms with Gasteiger partial charge in [-0.3, -0.25) is 10.1 Å². The SMILES string of the molecule is CC1(c2cccc(CNC(=O)NCC34CC5CC3C4C5)c2)NC(=O)NC1=O. The molecule has 4 bridgehead atoms. The van der Waals surface area contributed by atoms with Crippen molar-refractivity contribution in [2.75, 3.05) is 6.54 Å². The Morgan fingerprint density at radius 3 is 2.63 bits per heavy atom. The highest BCUT2D eigenvalue weighted by molar-refractivity contribution is 6.07. The Kier molecular flexibility index (Phi) is 3.36. The van der Waals surface area contributed by atoms with Gasteiger partial charge in [-0.2, -0.15) is 0 Å². The van der Waals surface area contributed by atoms with Gasteiger partial charge in [0.05, 0.1) is 0 Å². The molecule has 3 unspecified atom stereocenters. The average Bonchev–Trinajstić information content (AvgIpc) is 3.16. The van der Waals surface area contributed by atoms with Gasteiger partial charge in [-0.05, 0) is 60.5 Å². The van der Waals surface area contributed by atoms with Crippen molar-refractivity contribution in [3.63, 3.8) is 0 Å². The van der Waals surface area contributed by atoms with Crippen LogP contribution in [0.15, 0.2) is 24.3 Å². The number of imide groups is 1. The molecule has 3 atom stereocenters. The summed E-state index contributed by atoms with van der Waals surface area (Å²) in [5, 5.41) is 10.9. The third-order valence-electron chi connectivity index (χ3n) is 7.28. The fraction of sp³-hybridized carbons (Fsp3) is 0.550. The van der Waals surface area contributed by atoms with Crippen molar-refractivity contribution in [1.82, 2.24) is 21.3 Å². The van der Waals surface area contributed by atoms with Gasteiger partial charge in [-0.25, -0.2) is 9.59 Å². The van der Waals surface area contributed by atoms with E-state index in [2.05, 4.69) is 21.3 Å². The molecule has 1 aromatic carbocycles. The number of carbonyl (C=O) groups excluding carboxylic acids is 3. The first-order valence-electron chi connectivity index (χ1n) is 9.65. The molecule has 7 nitrogen and oxygen atoms in total. The van der Waals surface area contributed by atoms with Gasteiger partial charge < -0.3 is 16.0 Å². The molecule has 4 saturated carbocycles. The van der Waals surface area contributed by atoms with E-state index in [4.69, 9.17) is 0 Å². The van der Waals surface area contributed by atoms with E-state index < -0.39 is 11.6 Å². The number of rotatable bonds is 5. The first-order chi connectivity index (χ1) is 12.9. The van der Waals surface area contributed by atoms with Crippen LogP contribution < -0.4 is 21.3 Å². The van der Waals surface area contributed by atoms with Crippen LogP contribution in [0, 0.1) is 23.2 Å². The zero-order valence-electron chi connectivity index (χ0n) is 15.3. The first kappa shape index (κ1) is 16.6. The fourth-order valence-electron chi connectivity index (χ4n) is 5.85. The van der Waals surface area contributed by atoms with Gasteiger partial charge in [0.25, 0.3) is 5.91 Å². The maximum atomic E-state index is 12.2. The van der Waals surface area contributed by atoms with Gasteiger partial charge in [-0.1, -0.05) is 24.3 Å². The second kappa shape index (κ2) is 5.47. The number of benzene rings is 1. The van der Waals surface area contributed by atoms with Crippen LogP contribution in [0.1, 0.15) is 37.3 Å². The smallest absolute Gasteiger partial charge is 0.322 e. The highest BCUT2D eigenvalue weighted by atomic mass is 16.2. The largest absolute Gasteiger partial charge is 0.338 e. The molecule has 4 aliphatic carbocycles. The second-order valence-corrected chi connectivity index (χ2v) is 8.76. The Balaban J connectivity index is 1.17. The summed E-state index contributed by atoms with van der Waals surface area (Å²) >= 11 is 0. The van der Waals surface area contributed by atoms with Crippen molar-refractivity contribution in [2.45, 2.75) is 38.3 Å². The van der Waals surface area contributed by atoms with E-state index in [1.165, 1.54) is 19.3 Å². The number of hydrogen-bond acceptors (Lipinski definition) is 3. The number of carbonyl (C=O) groups is 3. The lowest BCUT2D eigenvalue weighted by Gasteiger charge is -2.21. The summed E-state index contributed by atoms with van der Waals surface area (Å²) in [6.07, 6.45) is 4.02. The number of nitrogens with one attached hydrogen (secondary N) is 4. The summed E-state index contributed by atoms with van der Waals surface area (Å²) < 4.78 is 0. The summed E-state index contributed by atoms with van der Waals surface area (Å²) in [4.78, 5) is 35.8. The maximum absolute atomic E-state index is 12.2. The monoisotopic (exact) mass is 368 g/mol. The Morgan fingerprint density at radius 2 is 2.00 bits per heavy atom. The molecule has 1 heterocycles. The fourth-order valence-corrected chi connectivity index (χ4v) is 5.85. The van der Waals surface area contributed by atoms with Gasteiger partial charge in [0.15, 0.2) is 0 Å². The van der Waals surface area contributed by atoms with E-state index in [0.717, 1.165) is 29.9 Å².